The number of hydrogen-bond acceptors (Lipinski definition) is 6. The molecule has 0 aromatic carbocycles. The Kier molecular flexibility index (Phi) is 4.53. The predicted octanol–water partition coefficient (Wildman–Crippen LogP) is 1.70. The first kappa shape index (κ1) is 18.5. The summed E-state index contributed by atoms with van der Waals surface area (Å²) in [6.45, 7) is 4.16. The molecule has 2 fully saturated rings. The van der Waals surface area contributed by atoms with Crippen LogP contribution in [-0.2, 0) is 21.2 Å². The zero-order chi connectivity index (χ0) is 18.5. The molecule has 0 aliphatic heterocycles. The van der Waals surface area contributed by atoms with E-state index in [0.717, 1.165) is 6.42 Å². The number of thiazole rings is 1. The van der Waals surface area contributed by atoms with Gasteiger partial charge in [0.1, 0.15) is 5.78 Å². The van der Waals surface area contributed by atoms with Crippen molar-refractivity contribution in [3.8, 4) is 0 Å². The number of carboxylic acid groups (broad SMARTS) is 1. The molecule has 2 aliphatic carbocycles. The van der Waals surface area contributed by atoms with Gasteiger partial charge in [-0.3, -0.25) is 4.79 Å². The predicted molar refractivity (Wildman–Crippen MR) is 93.1 cm³/mol. The molecule has 2 saturated carbocycles. The van der Waals surface area contributed by atoms with Crippen LogP contribution in [0.5, 0.6) is 0 Å². The van der Waals surface area contributed by atoms with Gasteiger partial charge in [0.15, 0.2) is 5.69 Å². The Morgan fingerprint density at radius 1 is 1.48 bits per heavy atom. The minimum Gasteiger partial charge on any atom is -0.476 e. The van der Waals surface area contributed by atoms with Crippen LogP contribution in [0.3, 0.4) is 0 Å². The van der Waals surface area contributed by atoms with Gasteiger partial charge in [0.05, 0.1) is 10.8 Å². The number of hydrogen-bond donors (Lipinski definition) is 2. The number of sulfonamides is 1. The Morgan fingerprint density at radius 3 is 2.72 bits per heavy atom. The highest BCUT2D eigenvalue weighted by atomic mass is 32.2. The first-order valence-electron chi connectivity index (χ1n) is 8.26. The van der Waals surface area contributed by atoms with Crippen LogP contribution in [0.25, 0.3) is 0 Å². The van der Waals surface area contributed by atoms with Crippen molar-refractivity contribution in [2.24, 2.45) is 16.7 Å². The zero-order valence-electron chi connectivity index (χ0n) is 14.2. The van der Waals surface area contributed by atoms with Crippen LogP contribution < -0.4 is 4.72 Å². The Hall–Kier alpha value is -1.32. The number of carboxylic acids is 1. The van der Waals surface area contributed by atoms with Gasteiger partial charge in [-0.2, -0.15) is 0 Å². The fourth-order valence-electron chi connectivity index (χ4n) is 4.32. The molecule has 2 bridgehead atoms. The summed E-state index contributed by atoms with van der Waals surface area (Å²) in [6, 6.07) is 0. The molecule has 0 amide bonds. The summed E-state index contributed by atoms with van der Waals surface area (Å²) in [5.41, 5.74) is -1.09. The molecule has 7 nitrogen and oxygen atoms in total. The number of aromatic carboxylic acids is 1. The number of nitrogens with one attached hydrogen (secondary N) is 1. The smallest absolute Gasteiger partial charge is 0.355 e. The van der Waals surface area contributed by atoms with Crippen molar-refractivity contribution >= 4 is 33.1 Å². The molecule has 9 heteroatoms. The normalized spacial score (nSPS) is 27.8. The van der Waals surface area contributed by atoms with E-state index in [-0.39, 0.29) is 35.1 Å². The second-order valence-electron chi connectivity index (χ2n) is 7.50. The lowest BCUT2D eigenvalue weighted by atomic mass is 9.70. The third-order valence-electron chi connectivity index (χ3n) is 6.01. The van der Waals surface area contributed by atoms with Gasteiger partial charge in [-0.15, -0.1) is 11.3 Å². The second-order valence-corrected chi connectivity index (χ2v) is 10.3. The van der Waals surface area contributed by atoms with Gasteiger partial charge < -0.3 is 5.11 Å². The van der Waals surface area contributed by atoms with Crippen molar-refractivity contribution in [1.82, 2.24) is 9.71 Å². The van der Waals surface area contributed by atoms with E-state index >= 15 is 0 Å². The Labute approximate surface area is 150 Å². The molecule has 1 aromatic rings. The summed E-state index contributed by atoms with van der Waals surface area (Å²) in [7, 11) is -3.60. The quantitative estimate of drug-likeness (QED) is 0.737. The number of rotatable bonds is 7. The van der Waals surface area contributed by atoms with Crippen molar-refractivity contribution < 1.29 is 23.1 Å². The summed E-state index contributed by atoms with van der Waals surface area (Å²) in [6.07, 6.45) is 2.36. The van der Waals surface area contributed by atoms with E-state index in [1.807, 2.05) is 13.8 Å². The zero-order valence-corrected chi connectivity index (χ0v) is 15.9. The number of Topliss-reactive ketones (excluding diaryl/α,β-unsaturated/α-hetero) is 1. The second kappa shape index (κ2) is 6.14. The third-order valence-corrected chi connectivity index (χ3v) is 8.43. The van der Waals surface area contributed by atoms with Gasteiger partial charge in [0.25, 0.3) is 0 Å². The van der Waals surface area contributed by atoms with Crippen molar-refractivity contribution in [2.45, 2.75) is 39.5 Å². The summed E-state index contributed by atoms with van der Waals surface area (Å²) < 4.78 is 27.6. The monoisotopic (exact) mass is 386 g/mol. The summed E-state index contributed by atoms with van der Waals surface area (Å²) in [5.74, 6) is -0.911. The van der Waals surface area contributed by atoms with E-state index in [1.165, 1.54) is 16.7 Å². The van der Waals surface area contributed by atoms with Crippen LogP contribution in [-0.4, -0.2) is 42.6 Å². The molecular formula is C16H22N2O5S2. The molecule has 2 unspecified atom stereocenters. The number of aromatic nitrogens is 1. The van der Waals surface area contributed by atoms with Crippen molar-refractivity contribution in [1.29, 1.82) is 0 Å². The average molecular weight is 386 g/mol. The molecule has 1 heterocycles. The standard InChI is InChI=1S/C16H22N2O5S2/c1-15(2)10-3-5-16(15,12(19)7-10)9-25(22,23)17-6-4-13-18-11(8-24-13)14(20)21/h8,10,17H,3-7,9H2,1-2H3,(H,20,21). The van der Waals surface area contributed by atoms with E-state index in [2.05, 4.69) is 9.71 Å². The first-order valence-corrected chi connectivity index (χ1v) is 10.8. The Bertz CT molecular complexity index is 814. The topological polar surface area (TPSA) is 113 Å². The molecule has 2 N–H and O–H groups in total. The average Bonchev–Trinajstić information content (AvgIpc) is 3.10. The van der Waals surface area contributed by atoms with Gasteiger partial charge in [0, 0.05) is 30.2 Å². The minimum absolute atomic E-state index is 0.0305. The number of ketones is 1. The SMILES string of the molecule is CC1(C)C2CCC1(CS(=O)(=O)NCCc1nc(C(=O)O)cs1)C(=O)C2. The van der Waals surface area contributed by atoms with E-state index in [0.29, 0.717) is 24.3 Å². The van der Waals surface area contributed by atoms with E-state index < -0.39 is 21.4 Å². The molecule has 138 valence electrons. The molecule has 0 spiro atoms. The van der Waals surface area contributed by atoms with Crippen LogP contribution in [0.1, 0.15) is 48.6 Å². The Morgan fingerprint density at radius 2 is 2.20 bits per heavy atom. The lowest BCUT2D eigenvalue weighted by molar-refractivity contribution is -0.128. The first-order chi connectivity index (χ1) is 11.6. The maximum Gasteiger partial charge on any atom is 0.355 e. The number of carbonyl (C=O) groups excluding carboxylic acids is 1. The van der Waals surface area contributed by atoms with Gasteiger partial charge in [-0.25, -0.2) is 22.9 Å². The molecule has 0 radical (unpaired) electrons. The highest BCUT2D eigenvalue weighted by Crippen LogP contribution is 2.64. The van der Waals surface area contributed by atoms with Crippen LogP contribution in [0.2, 0.25) is 0 Å². The van der Waals surface area contributed by atoms with Gasteiger partial charge in [0.2, 0.25) is 10.0 Å². The fraction of sp³-hybridized carbons (Fsp3) is 0.688. The van der Waals surface area contributed by atoms with Gasteiger partial charge in [-0.1, -0.05) is 13.8 Å². The maximum atomic E-state index is 12.5. The summed E-state index contributed by atoms with van der Waals surface area (Å²) in [4.78, 5) is 27.2. The highest BCUT2D eigenvalue weighted by Gasteiger charge is 2.65. The van der Waals surface area contributed by atoms with Gasteiger partial charge in [-0.05, 0) is 24.2 Å². The van der Waals surface area contributed by atoms with Crippen molar-refractivity contribution in [2.75, 3.05) is 12.3 Å². The molecule has 2 atom stereocenters. The van der Waals surface area contributed by atoms with Crippen LogP contribution in [0.15, 0.2) is 5.38 Å². The Balaban J connectivity index is 1.62. The molecular weight excluding hydrogens is 364 g/mol. The van der Waals surface area contributed by atoms with Crippen LogP contribution >= 0.6 is 11.3 Å². The van der Waals surface area contributed by atoms with E-state index in [4.69, 9.17) is 5.11 Å². The molecule has 2 aliphatic rings. The molecule has 25 heavy (non-hydrogen) atoms. The van der Waals surface area contributed by atoms with Crippen LogP contribution in [0, 0.1) is 16.7 Å². The summed E-state index contributed by atoms with van der Waals surface area (Å²) in [5, 5.41) is 10.8. The lowest BCUT2D eigenvalue weighted by Crippen LogP contribution is -2.45. The molecule has 0 saturated heterocycles. The van der Waals surface area contributed by atoms with Crippen LogP contribution in [0.4, 0.5) is 0 Å². The fourth-order valence-corrected chi connectivity index (χ4v) is 6.93. The van der Waals surface area contributed by atoms with E-state index in [1.54, 1.807) is 0 Å². The minimum atomic E-state index is -3.60. The van der Waals surface area contributed by atoms with Crippen molar-refractivity contribution in [3.63, 3.8) is 0 Å². The maximum absolute atomic E-state index is 12.5. The van der Waals surface area contributed by atoms with E-state index in [9.17, 15) is 18.0 Å². The number of carbonyl (C=O) groups is 2. The molecule has 3 rings (SSSR count). The lowest BCUT2D eigenvalue weighted by Gasteiger charge is -2.36. The molecule has 1 aromatic heterocycles. The number of nitrogens with zero attached hydrogens (tertiary/aromatic N) is 1. The van der Waals surface area contributed by atoms with Gasteiger partial charge >= 0.3 is 5.97 Å². The van der Waals surface area contributed by atoms with Crippen molar-refractivity contribution in [3.05, 3.63) is 16.1 Å². The number of fused-ring (bicyclic) bond motifs is 2. The highest BCUT2D eigenvalue weighted by molar-refractivity contribution is 7.89. The summed E-state index contributed by atoms with van der Waals surface area (Å²) >= 11 is 1.19. The third kappa shape index (κ3) is 3.13. The largest absolute Gasteiger partial charge is 0.476 e.